The van der Waals surface area contributed by atoms with Crippen LogP contribution in [-0.4, -0.2) is 11.8 Å². The quantitative estimate of drug-likeness (QED) is 0.711. The lowest BCUT2D eigenvalue weighted by atomic mass is 10.1. The number of alkyl halides is 1. The number of hydrogen-bond acceptors (Lipinski definition) is 2. The largest absolute Gasteiger partial charge is 0.505 e. The number of phenols is 1. The van der Waals surface area contributed by atoms with E-state index in [1.54, 1.807) is 0 Å². The van der Waals surface area contributed by atoms with E-state index in [1.165, 1.54) is 12.1 Å². The molecule has 0 spiro atoms. The van der Waals surface area contributed by atoms with Crippen LogP contribution in [0.1, 0.15) is 11.6 Å². The molecule has 12 heavy (non-hydrogen) atoms. The number of hydrogen-bond donors (Lipinski definition) is 2. The second kappa shape index (κ2) is 3.49. The zero-order valence-electron chi connectivity index (χ0n) is 6.30. The Balaban J connectivity index is 3.07. The molecule has 1 aromatic carbocycles. The molecule has 1 aromatic rings. The van der Waals surface area contributed by atoms with Crippen LogP contribution in [0.15, 0.2) is 18.2 Å². The standard InChI is InChI=1S/C8H9F2NO/c9-4-7(11)5-2-1-3-6(10)8(5)12/h1-3,7,12H,4,11H2/t7-/m0/s1. The molecule has 0 bridgehead atoms. The first-order valence-electron chi connectivity index (χ1n) is 3.45. The number of benzene rings is 1. The van der Waals surface area contributed by atoms with Gasteiger partial charge in [0.2, 0.25) is 0 Å². The van der Waals surface area contributed by atoms with E-state index >= 15 is 0 Å². The fourth-order valence-corrected chi connectivity index (χ4v) is 0.914. The van der Waals surface area contributed by atoms with Crippen molar-refractivity contribution in [3.8, 4) is 5.75 Å². The smallest absolute Gasteiger partial charge is 0.165 e. The summed E-state index contributed by atoms with van der Waals surface area (Å²) in [6.07, 6.45) is 0. The van der Waals surface area contributed by atoms with Gasteiger partial charge in [0, 0.05) is 5.56 Å². The summed E-state index contributed by atoms with van der Waals surface area (Å²) >= 11 is 0. The predicted octanol–water partition coefficient (Wildman–Crippen LogP) is 1.50. The first kappa shape index (κ1) is 8.93. The number of phenolic OH excluding ortho intramolecular Hbond substituents is 1. The summed E-state index contributed by atoms with van der Waals surface area (Å²) < 4.78 is 24.7. The van der Waals surface area contributed by atoms with Crippen molar-refractivity contribution in [2.45, 2.75) is 6.04 Å². The Morgan fingerprint density at radius 2 is 2.17 bits per heavy atom. The summed E-state index contributed by atoms with van der Waals surface area (Å²) in [5.74, 6) is -1.35. The van der Waals surface area contributed by atoms with E-state index in [-0.39, 0.29) is 5.56 Å². The van der Waals surface area contributed by atoms with Gasteiger partial charge in [-0.15, -0.1) is 0 Å². The van der Waals surface area contributed by atoms with Crippen LogP contribution in [0.5, 0.6) is 5.75 Å². The Kier molecular flexibility index (Phi) is 2.60. The van der Waals surface area contributed by atoms with Crippen LogP contribution in [0.3, 0.4) is 0 Å². The second-order valence-corrected chi connectivity index (χ2v) is 2.44. The summed E-state index contributed by atoms with van der Waals surface area (Å²) in [6, 6.07) is 2.90. The molecule has 0 aliphatic heterocycles. The highest BCUT2D eigenvalue weighted by atomic mass is 19.1. The van der Waals surface area contributed by atoms with Crippen LogP contribution < -0.4 is 5.73 Å². The van der Waals surface area contributed by atoms with Gasteiger partial charge in [0.15, 0.2) is 11.6 Å². The first-order chi connectivity index (χ1) is 5.66. The molecule has 0 unspecified atom stereocenters. The lowest BCUT2D eigenvalue weighted by Crippen LogP contribution is -2.12. The van der Waals surface area contributed by atoms with Crippen LogP contribution in [0, 0.1) is 5.82 Å². The van der Waals surface area contributed by atoms with Crippen molar-refractivity contribution in [1.82, 2.24) is 0 Å². The van der Waals surface area contributed by atoms with Gasteiger partial charge in [-0.1, -0.05) is 12.1 Å². The van der Waals surface area contributed by atoms with Gasteiger partial charge >= 0.3 is 0 Å². The van der Waals surface area contributed by atoms with E-state index in [0.717, 1.165) is 6.07 Å². The number of nitrogens with two attached hydrogens (primary N) is 1. The van der Waals surface area contributed by atoms with Crippen LogP contribution in [0.4, 0.5) is 8.78 Å². The zero-order valence-corrected chi connectivity index (χ0v) is 6.30. The topological polar surface area (TPSA) is 46.2 Å². The maximum absolute atomic E-state index is 12.6. The second-order valence-electron chi connectivity index (χ2n) is 2.44. The highest BCUT2D eigenvalue weighted by molar-refractivity contribution is 5.35. The molecule has 0 aliphatic carbocycles. The Labute approximate surface area is 68.6 Å². The van der Waals surface area contributed by atoms with E-state index in [2.05, 4.69) is 0 Å². The van der Waals surface area contributed by atoms with Gasteiger partial charge in [-0.05, 0) is 6.07 Å². The van der Waals surface area contributed by atoms with Gasteiger partial charge in [-0.3, -0.25) is 0 Å². The van der Waals surface area contributed by atoms with Crippen molar-refractivity contribution in [3.63, 3.8) is 0 Å². The molecule has 0 radical (unpaired) electrons. The SMILES string of the molecule is N[C@@H](CF)c1cccc(F)c1O. The zero-order chi connectivity index (χ0) is 9.14. The van der Waals surface area contributed by atoms with Crippen molar-refractivity contribution >= 4 is 0 Å². The molecule has 0 aliphatic rings. The molecule has 1 rings (SSSR count). The van der Waals surface area contributed by atoms with Crippen LogP contribution in [0.2, 0.25) is 0 Å². The molecular weight excluding hydrogens is 164 g/mol. The normalized spacial score (nSPS) is 12.9. The Morgan fingerprint density at radius 3 is 2.75 bits per heavy atom. The van der Waals surface area contributed by atoms with Gasteiger partial charge in [-0.2, -0.15) is 0 Å². The van der Waals surface area contributed by atoms with Crippen molar-refractivity contribution < 1.29 is 13.9 Å². The van der Waals surface area contributed by atoms with Gasteiger partial charge in [0.05, 0.1) is 6.04 Å². The molecule has 4 heteroatoms. The average molecular weight is 173 g/mol. The minimum atomic E-state index is -0.958. The molecule has 66 valence electrons. The van der Waals surface area contributed by atoms with Gasteiger partial charge < -0.3 is 10.8 Å². The number of para-hydroxylation sites is 1. The third-order valence-electron chi connectivity index (χ3n) is 1.58. The minimum absolute atomic E-state index is 0.0949. The van der Waals surface area contributed by atoms with E-state index in [9.17, 15) is 8.78 Å². The summed E-state index contributed by atoms with van der Waals surface area (Å²) in [6.45, 7) is -0.822. The van der Waals surface area contributed by atoms with Crippen molar-refractivity contribution in [2.75, 3.05) is 6.67 Å². The molecule has 3 N–H and O–H groups in total. The fraction of sp³-hybridized carbons (Fsp3) is 0.250. The average Bonchev–Trinajstić information content (AvgIpc) is 2.08. The van der Waals surface area contributed by atoms with Crippen molar-refractivity contribution in [3.05, 3.63) is 29.6 Å². The van der Waals surface area contributed by atoms with Crippen molar-refractivity contribution in [2.24, 2.45) is 5.73 Å². The first-order valence-corrected chi connectivity index (χ1v) is 3.45. The highest BCUT2D eigenvalue weighted by Crippen LogP contribution is 2.25. The molecule has 0 aromatic heterocycles. The lowest BCUT2D eigenvalue weighted by Gasteiger charge is -2.09. The number of rotatable bonds is 2. The van der Waals surface area contributed by atoms with E-state index < -0.39 is 24.3 Å². The van der Waals surface area contributed by atoms with Crippen LogP contribution >= 0.6 is 0 Å². The molecule has 2 nitrogen and oxygen atoms in total. The molecule has 0 amide bonds. The number of halogens is 2. The molecule has 0 heterocycles. The summed E-state index contributed by atoms with van der Waals surface area (Å²) in [4.78, 5) is 0. The van der Waals surface area contributed by atoms with Crippen molar-refractivity contribution in [1.29, 1.82) is 0 Å². The van der Waals surface area contributed by atoms with E-state index in [4.69, 9.17) is 10.8 Å². The van der Waals surface area contributed by atoms with Gasteiger partial charge in [0.25, 0.3) is 0 Å². The molecule has 0 fully saturated rings. The fourth-order valence-electron chi connectivity index (χ4n) is 0.914. The monoisotopic (exact) mass is 173 g/mol. The Morgan fingerprint density at radius 1 is 1.50 bits per heavy atom. The third-order valence-corrected chi connectivity index (χ3v) is 1.58. The summed E-state index contributed by atoms with van der Waals surface area (Å²) in [7, 11) is 0. The summed E-state index contributed by atoms with van der Waals surface area (Å²) in [5, 5.41) is 9.08. The molecule has 1 atom stereocenters. The van der Waals surface area contributed by atoms with Crippen LogP contribution in [0.25, 0.3) is 0 Å². The minimum Gasteiger partial charge on any atom is -0.505 e. The Bertz CT molecular complexity index is 278. The van der Waals surface area contributed by atoms with E-state index in [1.807, 2.05) is 0 Å². The van der Waals surface area contributed by atoms with Gasteiger partial charge in [-0.25, -0.2) is 8.78 Å². The Hall–Kier alpha value is -1.16. The lowest BCUT2D eigenvalue weighted by molar-refractivity contribution is 0.396. The van der Waals surface area contributed by atoms with Crippen LogP contribution in [-0.2, 0) is 0 Å². The summed E-state index contributed by atoms with van der Waals surface area (Å²) in [5.41, 5.74) is 5.36. The molecule has 0 saturated carbocycles. The maximum atomic E-state index is 12.6. The van der Waals surface area contributed by atoms with Gasteiger partial charge in [0.1, 0.15) is 6.67 Å². The highest BCUT2D eigenvalue weighted by Gasteiger charge is 2.12. The van der Waals surface area contributed by atoms with E-state index in [0.29, 0.717) is 0 Å². The molecular formula is C8H9F2NO. The predicted molar refractivity (Wildman–Crippen MR) is 41.0 cm³/mol. The molecule has 0 saturated heterocycles. The third kappa shape index (κ3) is 1.53. The number of aromatic hydroxyl groups is 1. The maximum Gasteiger partial charge on any atom is 0.165 e.